The quantitative estimate of drug-likeness (QED) is 0.476. The maximum absolute atomic E-state index is 12.9. The van der Waals surface area contributed by atoms with Crippen LogP contribution in [0.25, 0.3) is 0 Å². The minimum atomic E-state index is -0.434. The van der Waals surface area contributed by atoms with Crippen LogP contribution in [0, 0.1) is 17.0 Å². The third kappa shape index (κ3) is 3.01. The van der Waals surface area contributed by atoms with Crippen LogP contribution in [0.5, 0.6) is 0 Å². The number of aryl methyl sites for hydroxylation is 2. The highest BCUT2D eigenvalue weighted by Gasteiger charge is 2.25. The minimum absolute atomic E-state index is 0.0190. The van der Waals surface area contributed by atoms with Crippen molar-refractivity contribution in [2.24, 2.45) is 0 Å². The molecule has 2 aromatic carbocycles. The van der Waals surface area contributed by atoms with Crippen molar-refractivity contribution in [3.63, 3.8) is 0 Å². The number of thioether (sulfide) groups is 1. The van der Waals surface area contributed by atoms with Crippen LogP contribution in [0.1, 0.15) is 27.9 Å². The fraction of sp³-hybridized carbons (Fsp3) is 0.278. The summed E-state index contributed by atoms with van der Waals surface area (Å²) in [5, 5.41) is 11.2. The molecule has 1 heterocycles. The Morgan fingerprint density at radius 1 is 1.25 bits per heavy atom. The van der Waals surface area contributed by atoms with Crippen LogP contribution < -0.4 is 4.90 Å². The zero-order chi connectivity index (χ0) is 17.3. The first kappa shape index (κ1) is 16.5. The number of rotatable bonds is 3. The lowest BCUT2D eigenvalue weighted by atomic mass is 9.99. The second-order valence-electron chi connectivity index (χ2n) is 5.84. The van der Waals surface area contributed by atoms with Crippen molar-refractivity contribution in [2.45, 2.75) is 24.7 Å². The first-order valence-electron chi connectivity index (χ1n) is 7.75. The van der Waals surface area contributed by atoms with E-state index in [-0.39, 0.29) is 11.6 Å². The molecule has 0 N–H and O–H groups in total. The number of carbonyl (C=O) groups excluding carboxylic acids is 1. The Kier molecular flexibility index (Phi) is 4.57. The average Bonchev–Trinajstić information content (AvgIpc) is 2.59. The van der Waals surface area contributed by atoms with Gasteiger partial charge in [0.2, 0.25) is 0 Å². The van der Waals surface area contributed by atoms with Gasteiger partial charge in [0.25, 0.3) is 11.6 Å². The lowest BCUT2D eigenvalue weighted by Gasteiger charge is -2.30. The summed E-state index contributed by atoms with van der Waals surface area (Å²) in [7, 11) is 0. The van der Waals surface area contributed by atoms with Gasteiger partial charge in [-0.25, -0.2) is 0 Å². The van der Waals surface area contributed by atoms with Crippen molar-refractivity contribution >= 4 is 29.0 Å². The summed E-state index contributed by atoms with van der Waals surface area (Å²) in [4.78, 5) is 26.0. The van der Waals surface area contributed by atoms with E-state index in [1.165, 1.54) is 23.4 Å². The molecule has 1 aliphatic rings. The summed E-state index contributed by atoms with van der Waals surface area (Å²) in [5.74, 6) is -0.185. The summed E-state index contributed by atoms with van der Waals surface area (Å²) in [6.45, 7) is 2.67. The molecule has 6 heteroatoms. The zero-order valence-electron chi connectivity index (χ0n) is 13.6. The SMILES string of the molecule is CSc1ccc(C(=O)N2CCCc3cc(C)ccc32)cc1[N+](=O)[O-]. The van der Waals surface area contributed by atoms with Crippen LogP contribution in [0.2, 0.25) is 0 Å². The van der Waals surface area contributed by atoms with Gasteiger partial charge < -0.3 is 4.90 Å². The largest absolute Gasteiger partial charge is 0.308 e. The van der Waals surface area contributed by atoms with Gasteiger partial charge >= 0.3 is 0 Å². The van der Waals surface area contributed by atoms with E-state index in [1.807, 2.05) is 19.1 Å². The van der Waals surface area contributed by atoms with Gasteiger partial charge in [-0.3, -0.25) is 14.9 Å². The van der Waals surface area contributed by atoms with Crippen LogP contribution in [-0.4, -0.2) is 23.6 Å². The molecule has 0 saturated heterocycles. The average molecular weight is 342 g/mol. The van der Waals surface area contributed by atoms with Crippen molar-refractivity contribution in [1.82, 2.24) is 0 Å². The Morgan fingerprint density at radius 2 is 2.04 bits per heavy atom. The number of nitro groups is 1. The molecule has 2 aromatic rings. The number of amides is 1. The predicted molar refractivity (Wildman–Crippen MR) is 96.1 cm³/mol. The number of nitro benzene ring substituents is 1. The van der Waals surface area contributed by atoms with Gasteiger partial charge in [0.1, 0.15) is 0 Å². The van der Waals surface area contributed by atoms with Gasteiger partial charge in [0.15, 0.2) is 0 Å². The van der Waals surface area contributed by atoms with Gasteiger partial charge in [-0.15, -0.1) is 11.8 Å². The zero-order valence-corrected chi connectivity index (χ0v) is 14.4. The topological polar surface area (TPSA) is 63.5 Å². The highest BCUT2D eigenvalue weighted by Crippen LogP contribution is 2.32. The van der Waals surface area contributed by atoms with E-state index in [1.54, 1.807) is 23.3 Å². The van der Waals surface area contributed by atoms with Gasteiger partial charge in [-0.2, -0.15) is 0 Å². The predicted octanol–water partition coefficient (Wildman–Crippen LogP) is 4.22. The lowest BCUT2D eigenvalue weighted by molar-refractivity contribution is -0.387. The summed E-state index contributed by atoms with van der Waals surface area (Å²) >= 11 is 1.30. The standard InChI is InChI=1S/C18H18N2O3S/c1-12-5-7-15-13(10-12)4-3-9-19(15)18(21)14-6-8-17(24-2)16(11-14)20(22)23/h5-8,10-11H,3-4,9H2,1-2H3. The summed E-state index contributed by atoms with van der Waals surface area (Å²) in [5.41, 5.74) is 3.57. The smallest absolute Gasteiger partial charge is 0.283 e. The van der Waals surface area contributed by atoms with Crippen molar-refractivity contribution in [3.8, 4) is 0 Å². The van der Waals surface area contributed by atoms with E-state index in [9.17, 15) is 14.9 Å². The molecule has 0 bridgehead atoms. The van der Waals surface area contributed by atoms with Crippen molar-refractivity contribution in [2.75, 3.05) is 17.7 Å². The molecule has 0 spiro atoms. The Bertz CT molecular complexity index is 820. The summed E-state index contributed by atoms with van der Waals surface area (Å²) in [6.07, 6.45) is 3.63. The maximum Gasteiger partial charge on any atom is 0.283 e. The maximum atomic E-state index is 12.9. The molecule has 0 saturated carbocycles. The van der Waals surface area contributed by atoms with E-state index in [0.717, 1.165) is 24.1 Å². The van der Waals surface area contributed by atoms with E-state index in [4.69, 9.17) is 0 Å². The molecular formula is C18H18N2O3S. The first-order chi connectivity index (χ1) is 11.5. The Hall–Kier alpha value is -2.34. The number of fused-ring (bicyclic) bond motifs is 1. The minimum Gasteiger partial charge on any atom is -0.308 e. The lowest BCUT2D eigenvalue weighted by Crippen LogP contribution is -2.35. The third-order valence-electron chi connectivity index (χ3n) is 4.22. The molecular weight excluding hydrogens is 324 g/mol. The molecule has 1 amide bonds. The van der Waals surface area contributed by atoms with Gasteiger partial charge in [0, 0.05) is 23.9 Å². The first-order valence-corrected chi connectivity index (χ1v) is 8.97. The summed E-state index contributed by atoms with van der Waals surface area (Å²) < 4.78 is 0. The van der Waals surface area contributed by atoms with Gasteiger partial charge in [-0.1, -0.05) is 17.7 Å². The number of benzene rings is 2. The monoisotopic (exact) mass is 342 g/mol. The van der Waals surface area contributed by atoms with Crippen molar-refractivity contribution in [3.05, 3.63) is 63.2 Å². The number of anilines is 1. The van der Waals surface area contributed by atoms with Crippen molar-refractivity contribution in [1.29, 1.82) is 0 Å². The van der Waals surface area contributed by atoms with Gasteiger partial charge in [-0.05, 0) is 49.8 Å². The third-order valence-corrected chi connectivity index (χ3v) is 5.01. The second kappa shape index (κ2) is 6.65. The van der Waals surface area contributed by atoms with Crippen LogP contribution in [0.15, 0.2) is 41.3 Å². The van der Waals surface area contributed by atoms with E-state index < -0.39 is 4.92 Å². The van der Waals surface area contributed by atoms with E-state index in [0.29, 0.717) is 17.0 Å². The second-order valence-corrected chi connectivity index (χ2v) is 6.68. The number of carbonyl (C=O) groups is 1. The molecule has 5 nitrogen and oxygen atoms in total. The number of hydrogen-bond acceptors (Lipinski definition) is 4. The molecule has 3 rings (SSSR count). The molecule has 0 unspecified atom stereocenters. The fourth-order valence-corrected chi connectivity index (χ4v) is 3.61. The number of nitrogens with zero attached hydrogens (tertiary/aromatic N) is 2. The Balaban J connectivity index is 1.99. The van der Waals surface area contributed by atoms with Crippen LogP contribution in [0.4, 0.5) is 11.4 Å². The molecule has 0 atom stereocenters. The molecule has 124 valence electrons. The highest BCUT2D eigenvalue weighted by atomic mass is 32.2. The molecule has 0 aliphatic carbocycles. The van der Waals surface area contributed by atoms with Crippen LogP contribution in [-0.2, 0) is 6.42 Å². The molecule has 0 fully saturated rings. The molecule has 24 heavy (non-hydrogen) atoms. The molecule has 1 aliphatic heterocycles. The molecule has 0 aromatic heterocycles. The fourth-order valence-electron chi connectivity index (χ4n) is 3.06. The highest BCUT2D eigenvalue weighted by molar-refractivity contribution is 7.98. The number of hydrogen-bond donors (Lipinski definition) is 0. The Morgan fingerprint density at radius 3 is 2.75 bits per heavy atom. The van der Waals surface area contributed by atoms with E-state index in [2.05, 4.69) is 6.07 Å². The van der Waals surface area contributed by atoms with Crippen LogP contribution >= 0.6 is 11.8 Å². The normalized spacial score (nSPS) is 13.5. The Labute approximate surface area is 144 Å². The van der Waals surface area contributed by atoms with E-state index >= 15 is 0 Å². The van der Waals surface area contributed by atoms with Crippen LogP contribution in [0.3, 0.4) is 0 Å². The van der Waals surface area contributed by atoms with Crippen molar-refractivity contribution < 1.29 is 9.72 Å². The summed E-state index contributed by atoms with van der Waals surface area (Å²) in [6, 6.07) is 10.8. The van der Waals surface area contributed by atoms with Gasteiger partial charge in [0.05, 0.1) is 9.82 Å². The molecule has 0 radical (unpaired) electrons.